The molecule has 1 aliphatic heterocycles. The van der Waals surface area contributed by atoms with Gasteiger partial charge in [-0.2, -0.15) is 0 Å². The number of imide groups is 1. The Kier molecular flexibility index (Phi) is 5.39. The van der Waals surface area contributed by atoms with Crippen LogP contribution in [0, 0.1) is 0 Å². The smallest absolute Gasteiger partial charge is 0.260 e. The van der Waals surface area contributed by atoms with Gasteiger partial charge in [0.2, 0.25) is 9.84 Å². The first kappa shape index (κ1) is 18.8. The number of carbonyl (C=O) groups is 2. The number of amides is 2. The van der Waals surface area contributed by atoms with Crippen LogP contribution in [-0.4, -0.2) is 20.2 Å². The molecule has 5 nitrogen and oxygen atoms in total. The summed E-state index contributed by atoms with van der Waals surface area (Å²) in [5.41, 5.74) is 0.636. The molecule has 1 heterocycles. The molecule has 27 heavy (non-hydrogen) atoms. The maximum atomic E-state index is 12.0. The van der Waals surface area contributed by atoms with Crippen molar-refractivity contribution in [2.45, 2.75) is 9.79 Å². The summed E-state index contributed by atoms with van der Waals surface area (Å²) in [6, 6.07) is 21.7. The molecule has 0 radical (unpaired) electrons. The van der Waals surface area contributed by atoms with Crippen LogP contribution in [0.25, 0.3) is 0 Å². The highest BCUT2D eigenvalue weighted by molar-refractivity contribution is 7.91. The second kappa shape index (κ2) is 7.73. The molecule has 1 N–H and O–H groups in total. The number of halogens is 1. The molecule has 0 spiro atoms. The van der Waals surface area contributed by atoms with E-state index in [2.05, 4.69) is 5.32 Å². The molecule has 136 valence electrons. The largest absolute Gasteiger partial charge is 0.288 e. The van der Waals surface area contributed by atoms with Gasteiger partial charge < -0.3 is 0 Å². The van der Waals surface area contributed by atoms with E-state index in [9.17, 15) is 18.0 Å². The zero-order valence-electron chi connectivity index (χ0n) is 13.9. The molecule has 0 fully saturated rings. The van der Waals surface area contributed by atoms with Crippen molar-refractivity contribution >= 4 is 33.3 Å². The molecule has 0 unspecified atom stereocenters. The SMILES string of the molecule is O=C1NC(=O)c2c(Cl)cccc21.O=S(=O)(c1ccccc1)c1ccccc1. The van der Waals surface area contributed by atoms with Gasteiger partial charge in [-0.1, -0.05) is 54.1 Å². The first-order valence-electron chi connectivity index (χ1n) is 7.90. The lowest BCUT2D eigenvalue weighted by Crippen LogP contribution is -2.19. The standard InChI is InChI=1S/C12H10O2S.C8H4ClNO2/c13-15(14,11-7-3-1-4-8-11)12-9-5-2-6-10-12;9-5-3-1-2-4-6(5)8(12)10-7(4)11/h1-10H;1-3H,(H,10,11,12). The van der Waals surface area contributed by atoms with E-state index in [1.165, 1.54) is 0 Å². The number of fused-ring (bicyclic) bond motifs is 1. The summed E-state index contributed by atoms with van der Waals surface area (Å²) >= 11 is 5.72. The fourth-order valence-electron chi connectivity index (χ4n) is 2.51. The Morgan fingerprint density at radius 3 is 1.67 bits per heavy atom. The third-order valence-electron chi connectivity index (χ3n) is 3.82. The van der Waals surface area contributed by atoms with Gasteiger partial charge in [0, 0.05) is 0 Å². The quantitative estimate of drug-likeness (QED) is 0.665. The number of hydrogen-bond donors (Lipinski definition) is 1. The van der Waals surface area contributed by atoms with Crippen LogP contribution in [0.2, 0.25) is 5.02 Å². The number of rotatable bonds is 2. The summed E-state index contributed by atoms with van der Waals surface area (Å²) in [4.78, 5) is 22.8. The lowest BCUT2D eigenvalue weighted by Gasteiger charge is -2.03. The molecule has 2 amide bonds. The highest BCUT2D eigenvalue weighted by Crippen LogP contribution is 2.23. The van der Waals surface area contributed by atoms with E-state index in [4.69, 9.17) is 11.6 Å². The number of carbonyl (C=O) groups excluding carboxylic acids is 2. The summed E-state index contributed by atoms with van der Waals surface area (Å²) in [7, 11) is -3.34. The van der Waals surface area contributed by atoms with Gasteiger partial charge in [0.15, 0.2) is 0 Å². The Labute approximate surface area is 161 Å². The second-order valence-corrected chi connectivity index (χ2v) is 7.93. The minimum absolute atomic E-state index is 0.282. The molecule has 0 saturated heterocycles. The third-order valence-corrected chi connectivity index (χ3v) is 5.92. The van der Waals surface area contributed by atoms with Crippen LogP contribution < -0.4 is 5.32 Å². The summed E-state index contributed by atoms with van der Waals surface area (Å²) < 4.78 is 24.1. The normalized spacial score (nSPS) is 12.6. The monoisotopic (exact) mass is 399 g/mol. The predicted molar refractivity (Wildman–Crippen MR) is 102 cm³/mol. The number of sulfone groups is 1. The van der Waals surface area contributed by atoms with Crippen molar-refractivity contribution in [2.24, 2.45) is 0 Å². The van der Waals surface area contributed by atoms with Crippen LogP contribution in [0.4, 0.5) is 0 Å². The van der Waals surface area contributed by atoms with Crippen LogP contribution in [0.15, 0.2) is 88.7 Å². The fraction of sp³-hybridized carbons (Fsp3) is 0. The molecule has 0 aromatic heterocycles. The molecule has 0 saturated carbocycles. The number of hydrogen-bond acceptors (Lipinski definition) is 4. The average Bonchev–Trinajstić information content (AvgIpc) is 2.99. The van der Waals surface area contributed by atoms with Crippen LogP contribution in [0.5, 0.6) is 0 Å². The van der Waals surface area contributed by atoms with Crippen LogP contribution in [-0.2, 0) is 9.84 Å². The Balaban J connectivity index is 0.000000159. The molecule has 0 aliphatic carbocycles. The minimum atomic E-state index is -3.34. The van der Waals surface area contributed by atoms with Crippen molar-refractivity contribution < 1.29 is 18.0 Å². The molecule has 4 rings (SSSR count). The molecule has 1 aliphatic rings. The van der Waals surface area contributed by atoms with Crippen LogP contribution in [0.1, 0.15) is 20.7 Å². The van der Waals surface area contributed by atoms with Gasteiger partial charge in [-0.05, 0) is 36.4 Å². The van der Waals surface area contributed by atoms with Crippen LogP contribution >= 0.6 is 11.6 Å². The van der Waals surface area contributed by atoms with E-state index in [0.717, 1.165) is 0 Å². The predicted octanol–water partition coefficient (Wildman–Crippen LogP) is 3.74. The van der Waals surface area contributed by atoms with Gasteiger partial charge in [0.1, 0.15) is 0 Å². The van der Waals surface area contributed by atoms with Crippen molar-refractivity contribution in [3.63, 3.8) is 0 Å². The van der Waals surface area contributed by atoms with E-state index >= 15 is 0 Å². The summed E-state index contributed by atoms with van der Waals surface area (Å²) in [5.74, 6) is -0.793. The van der Waals surface area contributed by atoms with E-state index < -0.39 is 15.7 Å². The van der Waals surface area contributed by atoms with Gasteiger partial charge in [-0.15, -0.1) is 0 Å². The fourth-order valence-corrected chi connectivity index (χ4v) is 4.08. The summed E-state index contributed by atoms with van der Waals surface area (Å²) in [5, 5.41) is 2.48. The highest BCUT2D eigenvalue weighted by atomic mass is 35.5. The maximum Gasteiger partial charge on any atom is 0.260 e. The number of benzene rings is 3. The van der Waals surface area contributed by atoms with E-state index in [0.29, 0.717) is 20.4 Å². The molecular formula is C20H14ClNO4S. The van der Waals surface area contributed by atoms with Gasteiger partial charge in [0.05, 0.1) is 25.9 Å². The van der Waals surface area contributed by atoms with Gasteiger partial charge in [0.25, 0.3) is 11.8 Å². The highest BCUT2D eigenvalue weighted by Gasteiger charge is 2.28. The summed E-state index contributed by atoms with van der Waals surface area (Å²) in [6.45, 7) is 0. The first-order chi connectivity index (χ1) is 12.9. The lowest BCUT2D eigenvalue weighted by molar-refractivity contribution is 0.0879. The summed E-state index contributed by atoms with van der Waals surface area (Å²) in [6.07, 6.45) is 0. The Bertz CT molecular complexity index is 1050. The van der Waals surface area contributed by atoms with Crippen molar-refractivity contribution in [3.8, 4) is 0 Å². The molecule has 3 aromatic rings. The Hall–Kier alpha value is -2.96. The zero-order valence-corrected chi connectivity index (χ0v) is 15.5. The zero-order chi connectivity index (χ0) is 19.4. The Morgan fingerprint density at radius 2 is 1.19 bits per heavy atom. The van der Waals surface area contributed by atoms with Crippen molar-refractivity contribution in [1.29, 1.82) is 0 Å². The van der Waals surface area contributed by atoms with Crippen LogP contribution in [0.3, 0.4) is 0 Å². The third kappa shape index (κ3) is 3.92. The van der Waals surface area contributed by atoms with E-state index in [1.807, 2.05) is 0 Å². The second-order valence-electron chi connectivity index (χ2n) is 5.58. The molecular weight excluding hydrogens is 386 g/mol. The molecule has 7 heteroatoms. The van der Waals surface area contributed by atoms with Crippen molar-refractivity contribution in [3.05, 3.63) is 95.0 Å². The molecule has 3 aromatic carbocycles. The number of nitrogens with one attached hydrogen (secondary N) is 1. The molecule has 0 atom stereocenters. The minimum Gasteiger partial charge on any atom is -0.288 e. The van der Waals surface area contributed by atoms with Gasteiger partial charge in [-0.25, -0.2) is 8.42 Å². The average molecular weight is 400 g/mol. The first-order valence-corrected chi connectivity index (χ1v) is 9.77. The molecule has 0 bridgehead atoms. The van der Waals surface area contributed by atoms with Crippen molar-refractivity contribution in [2.75, 3.05) is 0 Å². The maximum absolute atomic E-state index is 12.0. The van der Waals surface area contributed by atoms with E-state index in [1.54, 1.807) is 78.9 Å². The van der Waals surface area contributed by atoms with Crippen molar-refractivity contribution in [1.82, 2.24) is 5.32 Å². The Morgan fingerprint density at radius 1 is 0.667 bits per heavy atom. The van der Waals surface area contributed by atoms with Gasteiger partial charge >= 0.3 is 0 Å². The lowest BCUT2D eigenvalue weighted by atomic mass is 10.1. The van der Waals surface area contributed by atoms with Gasteiger partial charge in [-0.3, -0.25) is 14.9 Å². The topological polar surface area (TPSA) is 80.3 Å². The van der Waals surface area contributed by atoms with E-state index in [-0.39, 0.29) is 11.5 Å².